The van der Waals surface area contributed by atoms with E-state index in [2.05, 4.69) is 46.0 Å². The molecule has 0 bridgehead atoms. The van der Waals surface area contributed by atoms with E-state index in [0.29, 0.717) is 12.0 Å². The lowest BCUT2D eigenvalue weighted by Gasteiger charge is -2.42. The molecule has 3 aromatic rings. The van der Waals surface area contributed by atoms with Crippen molar-refractivity contribution >= 4 is 16.9 Å². The number of nitrogens with one attached hydrogen (secondary N) is 1. The van der Waals surface area contributed by atoms with Gasteiger partial charge in [0.1, 0.15) is 0 Å². The fraction of sp³-hybridized carbons (Fsp3) is 0.516. The zero-order valence-electron chi connectivity index (χ0n) is 23.0. The molecule has 38 heavy (non-hydrogen) atoms. The fourth-order valence-corrected chi connectivity index (χ4v) is 6.44. The molecule has 0 radical (unpaired) electrons. The van der Waals surface area contributed by atoms with Gasteiger partial charge in [-0.1, -0.05) is 6.07 Å². The Morgan fingerprint density at radius 2 is 1.71 bits per heavy atom. The first-order valence-corrected chi connectivity index (χ1v) is 14.0. The van der Waals surface area contributed by atoms with Crippen molar-refractivity contribution in [3.05, 3.63) is 47.5 Å². The van der Waals surface area contributed by atoms with Gasteiger partial charge in [0.05, 0.1) is 14.2 Å². The van der Waals surface area contributed by atoms with Gasteiger partial charge in [-0.25, -0.2) is 0 Å². The number of aromatic nitrogens is 1. The Balaban J connectivity index is 1.20. The van der Waals surface area contributed by atoms with E-state index in [-0.39, 0.29) is 6.42 Å². The van der Waals surface area contributed by atoms with Crippen molar-refractivity contribution in [1.82, 2.24) is 14.8 Å². The van der Waals surface area contributed by atoms with Gasteiger partial charge in [0, 0.05) is 34.6 Å². The maximum Gasteiger partial charge on any atom is 0.303 e. The van der Waals surface area contributed by atoms with E-state index in [4.69, 9.17) is 14.6 Å². The van der Waals surface area contributed by atoms with Gasteiger partial charge in [-0.05, 0) is 119 Å². The van der Waals surface area contributed by atoms with E-state index in [9.17, 15) is 4.79 Å². The second-order valence-corrected chi connectivity index (χ2v) is 10.9. The van der Waals surface area contributed by atoms with Crippen LogP contribution in [-0.2, 0) is 4.79 Å². The first kappa shape index (κ1) is 26.6. The number of aliphatic carboxylic acids is 1. The summed E-state index contributed by atoms with van der Waals surface area (Å²) in [5.41, 5.74) is 6.11. The zero-order chi connectivity index (χ0) is 26.6. The van der Waals surface area contributed by atoms with Crippen molar-refractivity contribution in [2.24, 2.45) is 0 Å². The number of hydrogen-bond acceptors (Lipinski definition) is 5. The van der Waals surface area contributed by atoms with Crippen molar-refractivity contribution in [1.29, 1.82) is 0 Å². The molecule has 2 fully saturated rings. The number of carboxylic acid groups (broad SMARTS) is 1. The summed E-state index contributed by atoms with van der Waals surface area (Å²) in [7, 11) is 3.33. The molecule has 0 aliphatic carbocycles. The van der Waals surface area contributed by atoms with Gasteiger partial charge in [-0.3, -0.25) is 4.79 Å². The topological polar surface area (TPSA) is 78.0 Å². The highest BCUT2D eigenvalue weighted by molar-refractivity contribution is 5.91. The smallest absolute Gasteiger partial charge is 0.303 e. The quantitative estimate of drug-likeness (QED) is 0.379. The van der Waals surface area contributed by atoms with Crippen LogP contribution in [-0.4, -0.2) is 78.8 Å². The minimum Gasteiger partial charge on any atom is -0.493 e. The number of benzene rings is 2. The third-order valence-corrected chi connectivity index (χ3v) is 8.69. The Bertz CT molecular complexity index is 1250. The normalized spacial score (nSPS) is 18.2. The maximum absolute atomic E-state index is 10.8. The number of aryl methyl sites for hydroxylation is 1. The van der Waals surface area contributed by atoms with Crippen molar-refractivity contribution in [2.75, 3.05) is 46.9 Å². The number of rotatable bonds is 9. The van der Waals surface area contributed by atoms with Crippen LogP contribution < -0.4 is 9.47 Å². The molecule has 0 atom stereocenters. The minimum atomic E-state index is -0.688. The first-order valence-electron chi connectivity index (χ1n) is 14.0. The van der Waals surface area contributed by atoms with Gasteiger partial charge in [0.2, 0.25) is 0 Å². The molecule has 0 spiro atoms. The van der Waals surface area contributed by atoms with Gasteiger partial charge in [-0.15, -0.1) is 0 Å². The van der Waals surface area contributed by atoms with Crippen LogP contribution >= 0.6 is 0 Å². The molecule has 2 N–H and O–H groups in total. The van der Waals surface area contributed by atoms with Crippen molar-refractivity contribution in [3.63, 3.8) is 0 Å². The Hall–Kier alpha value is -3.03. The number of fused-ring (bicyclic) bond motifs is 1. The molecule has 2 saturated heterocycles. The van der Waals surface area contributed by atoms with Crippen molar-refractivity contribution in [2.45, 2.75) is 57.4 Å². The predicted octanol–water partition coefficient (Wildman–Crippen LogP) is 5.67. The largest absolute Gasteiger partial charge is 0.493 e. The van der Waals surface area contributed by atoms with Crippen molar-refractivity contribution < 1.29 is 19.4 Å². The average Bonchev–Trinajstić information content (AvgIpc) is 3.28. The molecule has 204 valence electrons. The number of aromatic amines is 1. The second kappa shape index (κ2) is 11.8. The Morgan fingerprint density at radius 1 is 0.974 bits per heavy atom. The van der Waals surface area contributed by atoms with Crippen LogP contribution in [0, 0.1) is 6.92 Å². The highest BCUT2D eigenvalue weighted by Crippen LogP contribution is 2.38. The number of likely N-dealkylation sites (tertiary alicyclic amines) is 2. The predicted molar refractivity (Wildman–Crippen MR) is 151 cm³/mol. The summed E-state index contributed by atoms with van der Waals surface area (Å²) in [5, 5.41) is 10.2. The second-order valence-electron chi connectivity index (χ2n) is 10.9. The molecule has 2 aliphatic heterocycles. The fourth-order valence-electron chi connectivity index (χ4n) is 6.44. The van der Waals surface area contributed by atoms with Crippen LogP contribution in [0.4, 0.5) is 0 Å². The van der Waals surface area contributed by atoms with Gasteiger partial charge >= 0.3 is 5.97 Å². The standard InChI is InChI=1S/C31H41N3O4/c1-21-26-19-23(6-8-27(26)32-31(21)24-7-9-28(37-2)29(20-24)38-3)22-10-17-34(18-11-22)25-12-15-33(16-13-25)14-4-5-30(35)36/h6-9,19-20,22,25,32H,4-5,10-18H2,1-3H3,(H,35,36). The lowest BCUT2D eigenvalue weighted by Crippen LogP contribution is -2.47. The lowest BCUT2D eigenvalue weighted by molar-refractivity contribution is -0.137. The van der Waals surface area contributed by atoms with E-state index < -0.39 is 5.97 Å². The van der Waals surface area contributed by atoms with Crippen LogP contribution in [0.3, 0.4) is 0 Å². The molecular formula is C31H41N3O4. The van der Waals surface area contributed by atoms with Crippen molar-refractivity contribution in [3.8, 4) is 22.8 Å². The van der Waals surface area contributed by atoms with Crippen LogP contribution in [0.25, 0.3) is 22.2 Å². The van der Waals surface area contributed by atoms with E-state index in [1.54, 1.807) is 14.2 Å². The first-order chi connectivity index (χ1) is 18.5. The Labute approximate surface area is 225 Å². The summed E-state index contributed by atoms with van der Waals surface area (Å²) < 4.78 is 10.9. The third-order valence-electron chi connectivity index (χ3n) is 8.69. The van der Waals surface area contributed by atoms with E-state index in [1.807, 2.05) is 12.1 Å². The molecule has 0 unspecified atom stereocenters. The number of methoxy groups -OCH3 is 2. The van der Waals surface area contributed by atoms with Gasteiger partial charge < -0.3 is 29.4 Å². The zero-order valence-corrected chi connectivity index (χ0v) is 23.0. The molecule has 2 aliphatic rings. The number of hydrogen-bond donors (Lipinski definition) is 2. The van der Waals surface area contributed by atoms with Crippen LogP contribution in [0.1, 0.15) is 55.6 Å². The molecule has 0 amide bonds. The van der Waals surface area contributed by atoms with E-state index >= 15 is 0 Å². The summed E-state index contributed by atoms with van der Waals surface area (Å²) in [6, 6.07) is 13.7. The number of carbonyl (C=O) groups is 1. The van der Waals surface area contributed by atoms with E-state index in [1.165, 1.54) is 47.7 Å². The van der Waals surface area contributed by atoms with Gasteiger partial charge in [-0.2, -0.15) is 0 Å². The van der Waals surface area contributed by atoms with Gasteiger partial charge in [0.15, 0.2) is 11.5 Å². The molecule has 7 nitrogen and oxygen atoms in total. The molecule has 5 rings (SSSR count). The third kappa shape index (κ3) is 5.69. The van der Waals surface area contributed by atoms with Crippen LogP contribution in [0.15, 0.2) is 36.4 Å². The summed E-state index contributed by atoms with van der Waals surface area (Å²) in [6.07, 6.45) is 5.84. The molecular weight excluding hydrogens is 478 g/mol. The average molecular weight is 520 g/mol. The summed E-state index contributed by atoms with van der Waals surface area (Å²) >= 11 is 0. The highest BCUT2D eigenvalue weighted by Gasteiger charge is 2.29. The summed E-state index contributed by atoms with van der Waals surface area (Å²) in [5.74, 6) is 1.39. The minimum absolute atomic E-state index is 0.277. The number of H-pyrrole nitrogens is 1. The molecule has 2 aromatic carbocycles. The molecule has 0 saturated carbocycles. The number of piperidine rings is 2. The SMILES string of the molecule is COc1ccc(-c2[nH]c3ccc(C4CCN(C5CCN(CCCC(=O)O)CC5)CC4)cc3c2C)cc1OC. The highest BCUT2D eigenvalue weighted by atomic mass is 16.5. The lowest BCUT2D eigenvalue weighted by atomic mass is 9.87. The monoisotopic (exact) mass is 519 g/mol. The maximum atomic E-state index is 10.8. The molecule has 7 heteroatoms. The summed E-state index contributed by atoms with van der Waals surface area (Å²) in [6.45, 7) is 7.62. The summed E-state index contributed by atoms with van der Waals surface area (Å²) in [4.78, 5) is 19.6. The van der Waals surface area contributed by atoms with Gasteiger partial charge in [0.25, 0.3) is 0 Å². The number of carboxylic acids is 1. The number of nitrogens with zero attached hydrogens (tertiary/aromatic N) is 2. The van der Waals surface area contributed by atoms with Crippen LogP contribution in [0.2, 0.25) is 0 Å². The number of ether oxygens (including phenoxy) is 2. The molecule has 3 heterocycles. The molecule has 1 aromatic heterocycles. The van der Waals surface area contributed by atoms with E-state index in [0.717, 1.165) is 61.9 Å². The van der Waals surface area contributed by atoms with Crippen LogP contribution in [0.5, 0.6) is 11.5 Å². The Morgan fingerprint density at radius 3 is 2.39 bits per heavy atom. The Kier molecular flexibility index (Phi) is 8.24.